The number of carbonyl (C=O) groups excluding carboxylic acids is 1. The average Bonchev–Trinajstić information content (AvgIpc) is 3.68. The van der Waals surface area contributed by atoms with E-state index in [2.05, 4.69) is 48.5 Å². The van der Waals surface area contributed by atoms with Gasteiger partial charge < -0.3 is 32.7 Å². The first kappa shape index (κ1) is 49.8. The second-order valence-corrected chi connectivity index (χ2v) is 21.3. The van der Waals surface area contributed by atoms with Crippen molar-refractivity contribution in [3.63, 3.8) is 0 Å². The summed E-state index contributed by atoms with van der Waals surface area (Å²) in [6.45, 7) is 15.4. The summed E-state index contributed by atoms with van der Waals surface area (Å²) in [5.74, 6) is -2.39. The smallest absolute Gasteiger partial charge is 0.320 e. The highest BCUT2D eigenvalue weighted by molar-refractivity contribution is 6.30. The van der Waals surface area contributed by atoms with Crippen LogP contribution in [0.15, 0.2) is 23.7 Å². The van der Waals surface area contributed by atoms with Gasteiger partial charge in [-0.15, -0.1) is 0 Å². The lowest BCUT2D eigenvalue weighted by molar-refractivity contribution is -0.191. The summed E-state index contributed by atoms with van der Waals surface area (Å²) in [4.78, 5) is 26.3. The molecule has 1 aliphatic rings. The molecule has 0 spiro atoms. The van der Waals surface area contributed by atoms with Gasteiger partial charge in [0.05, 0.1) is 19.6 Å². The zero-order valence-corrected chi connectivity index (χ0v) is 40.9. The van der Waals surface area contributed by atoms with Gasteiger partial charge in [-0.3, -0.25) is 9.59 Å². The molecule has 13 heteroatoms. The SMILES string of the molecule is CCCC[SiH2]O/C(=C(/O[SiH2]CCCC)[C@@](C(=O)O)(C1CCCC1)[C@H](O)C/C=C\CC(=O)OC)C(O[SiH2]CCCC)(O[SiH2]CCCC)C(C)(C)CCCC. The Morgan fingerprint density at radius 2 is 1.21 bits per heavy atom. The Balaban J connectivity index is 4.44. The molecule has 0 radical (unpaired) electrons. The predicted octanol–water partition coefficient (Wildman–Crippen LogP) is 7.52. The van der Waals surface area contributed by atoms with Gasteiger partial charge in [0.15, 0.2) is 30.7 Å². The largest absolute Gasteiger partial charge is 0.549 e. The van der Waals surface area contributed by atoms with E-state index in [1.165, 1.54) is 7.11 Å². The van der Waals surface area contributed by atoms with E-state index >= 15 is 0 Å². The van der Waals surface area contributed by atoms with E-state index in [0.717, 1.165) is 108 Å². The Morgan fingerprint density at radius 3 is 1.66 bits per heavy atom. The van der Waals surface area contributed by atoms with E-state index in [0.29, 0.717) is 18.6 Å². The number of unbranched alkanes of at least 4 members (excludes halogenated alkanes) is 5. The highest BCUT2D eigenvalue weighted by atomic mass is 28.2. The number of aliphatic hydroxyl groups excluding tert-OH is 1. The quantitative estimate of drug-likeness (QED) is 0.0173. The maximum atomic E-state index is 14.3. The molecule has 1 saturated carbocycles. The van der Waals surface area contributed by atoms with Crippen molar-refractivity contribution < 1.29 is 42.2 Å². The number of carboxylic acids is 1. The summed E-state index contributed by atoms with van der Waals surface area (Å²) in [7, 11) is -3.36. The van der Waals surface area contributed by atoms with Gasteiger partial charge in [0, 0.05) is 5.41 Å². The Hall–Kier alpha value is -1.23. The third-order valence-corrected chi connectivity index (χ3v) is 16.3. The molecule has 0 saturated heterocycles. The van der Waals surface area contributed by atoms with E-state index in [-0.39, 0.29) is 30.5 Å². The molecule has 0 heterocycles. The predicted molar refractivity (Wildman–Crippen MR) is 229 cm³/mol. The van der Waals surface area contributed by atoms with Crippen LogP contribution in [0.1, 0.15) is 158 Å². The number of esters is 1. The molecule has 2 atom stereocenters. The lowest BCUT2D eigenvalue weighted by Crippen LogP contribution is -2.57. The third kappa shape index (κ3) is 15.3. The summed E-state index contributed by atoms with van der Waals surface area (Å²) in [5, 5.41) is 24.2. The number of carbonyl (C=O) groups is 2. The van der Waals surface area contributed by atoms with Crippen molar-refractivity contribution in [3.8, 4) is 0 Å². The zero-order valence-electron chi connectivity index (χ0n) is 35.2. The Bertz CT molecular complexity index is 1050. The van der Waals surface area contributed by atoms with Crippen molar-refractivity contribution in [1.82, 2.24) is 0 Å². The van der Waals surface area contributed by atoms with Crippen molar-refractivity contribution in [2.24, 2.45) is 16.7 Å². The molecule has 0 bridgehead atoms. The van der Waals surface area contributed by atoms with Gasteiger partial charge in [0.2, 0.25) is 25.3 Å². The zero-order chi connectivity index (χ0) is 39.6. The van der Waals surface area contributed by atoms with Crippen molar-refractivity contribution in [3.05, 3.63) is 23.7 Å². The summed E-state index contributed by atoms with van der Waals surface area (Å²) < 4.78 is 33.8. The maximum Gasteiger partial charge on any atom is 0.320 e. The molecule has 1 aliphatic carbocycles. The maximum absolute atomic E-state index is 14.3. The van der Waals surface area contributed by atoms with Gasteiger partial charge in [-0.2, -0.15) is 0 Å². The number of rotatable bonds is 33. The van der Waals surface area contributed by atoms with E-state index in [1.54, 1.807) is 12.2 Å². The number of hydrogen-bond acceptors (Lipinski definition) is 8. The second-order valence-electron chi connectivity index (χ2n) is 15.6. The topological polar surface area (TPSA) is 121 Å². The van der Waals surface area contributed by atoms with Crippen molar-refractivity contribution in [2.75, 3.05) is 7.11 Å². The van der Waals surface area contributed by atoms with Crippen LogP contribution in [0.4, 0.5) is 0 Å². The number of ether oxygens (including phenoxy) is 1. The van der Waals surface area contributed by atoms with Crippen LogP contribution in [-0.4, -0.2) is 80.2 Å². The first-order valence-electron chi connectivity index (χ1n) is 21.4. The molecule has 0 aromatic rings. The van der Waals surface area contributed by atoms with E-state index in [4.69, 9.17) is 22.4 Å². The average molecular weight is 817 g/mol. The van der Waals surface area contributed by atoms with Crippen LogP contribution in [0.5, 0.6) is 0 Å². The molecule has 0 aromatic carbocycles. The molecular formula is C40H80O9Si4. The van der Waals surface area contributed by atoms with Gasteiger partial charge >= 0.3 is 11.9 Å². The normalized spacial score (nSPS) is 18.2. The van der Waals surface area contributed by atoms with Crippen LogP contribution in [0.3, 0.4) is 0 Å². The molecule has 53 heavy (non-hydrogen) atoms. The van der Waals surface area contributed by atoms with Crippen LogP contribution in [0.2, 0.25) is 24.2 Å². The summed E-state index contributed by atoms with van der Waals surface area (Å²) >= 11 is 0. The third-order valence-electron chi connectivity index (χ3n) is 10.9. The standard InChI is InChI=1S/C40H80O9Si4/c1-9-14-27-38(6,7)40(48-52-30-17-12-4,49-53-31-18-13-5)36(47-51-29-16-11-3)35(46-50-28-15-10-2)39(37(43)44,32-23-19-20-24-32)33(41)25-21-22-26-34(42)45-8/h21-22,32-33,41H,9-20,23-31,50-53H2,1-8H3,(H,43,44)/b22-21-,36-35+/t33-,39-/m1/s1. The molecule has 1 rings (SSSR count). The molecule has 9 nitrogen and oxygen atoms in total. The van der Waals surface area contributed by atoms with E-state index in [9.17, 15) is 19.8 Å². The van der Waals surface area contributed by atoms with Gasteiger partial charge in [-0.25, -0.2) is 0 Å². The van der Waals surface area contributed by atoms with Crippen LogP contribution in [-0.2, 0) is 32.0 Å². The lowest BCUT2D eigenvalue weighted by atomic mass is 9.66. The highest BCUT2D eigenvalue weighted by Gasteiger charge is 2.61. The van der Waals surface area contributed by atoms with Crippen molar-refractivity contribution >= 4 is 51.0 Å². The van der Waals surface area contributed by atoms with Crippen molar-refractivity contribution in [2.45, 2.75) is 194 Å². The first-order valence-corrected chi connectivity index (χ1v) is 27.7. The summed E-state index contributed by atoms with van der Waals surface area (Å²) in [5.41, 5.74) is -2.32. The molecule has 0 unspecified atom stereocenters. The summed E-state index contributed by atoms with van der Waals surface area (Å²) in [6.07, 6.45) is 16.5. The Labute approximate surface area is 333 Å². The number of aliphatic hydroxyl groups is 1. The first-order chi connectivity index (χ1) is 25.5. The monoisotopic (exact) mass is 816 g/mol. The number of carboxylic acid groups (broad SMARTS) is 1. The Morgan fingerprint density at radius 1 is 0.736 bits per heavy atom. The molecule has 0 aliphatic heterocycles. The van der Waals surface area contributed by atoms with E-state index in [1.807, 2.05) is 0 Å². The second kappa shape index (κ2) is 28.2. The van der Waals surface area contributed by atoms with Gasteiger partial charge in [-0.1, -0.05) is 138 Å². The minimum atomic E-state index is -1.77. The fourth-order valence-corrected chi connectivity index (χ4v) is 14.0. The molecule has 1 fully saturated rings. The van der Waals surface area contributed by atoms with Crippen molar-refractivity contribution in [1.29, 1.82) is 0 Å². The van der Waals surface area contributed by atoms with Crippen LogP contribution >= 0.6 is 0 Å². The van der Waals surface area contributed by atoms with Gasteiger partial charge in [0.1, 0.15) is 5.76 Å². The minimum Gasteiger partial charge on any atom is -0.549 e. The molecule has 0 aromatic heterocycles. The number of methoxy groups -OCH3 is 1. The van der Waals surface area contributed by atoms with Crippen LogP contribution in [0.25, 0.3) is 0 Å². The highest BCUT2D eigenvalue weighted by Crippen LogP contribution is 2.54. The van der Waals surface area contributed by atoms with E-state index < -0.39 is 67.7 Å². The minimum absolute atomic E-state index is 0.0498. The van der Waals surface area contributed by atoms with Crippen LogP contribution < -0.4 is 0 Å². The lowest BCUT2D eigenvalue weighted by Gasteiger charge is -2.50. The van der Waals surface area contributed by atoms with Gasteiger partial charge in [0.25, 0.3) is 0 Å². The fourth-order valence-electron chi connectivity index (χ4n) is 7.60. The Kier molecular flexibility index (Phi) is 26.5. The number of aliphatic carboxylic acids is 1. The fraction of sp³-hybridized carbons (Fsp3) is 0.850. The van der Waals surface area contributed by atoms with Crippen LogP contribution in [0, 0.1) is 16.7 Å². The number of hydrogen-bond donors (Lipinski definition) is 2. The van der Waals surface area contributed by atoms with Gasteiger partial charge in [-0.05, 0) is 55.8 Å². The molecular weight excluding hydrogens is 737 g/mol. The molecule has 310 valence electrons. The molecule has 0 amide bonds. The summed E-state index contributed by atoms with van der Waals surface area (Å²) in [6, 6.07) is 3.81. The molecule has 2 N–H and O–H groups in total.